The minimum Gasteiger partial charge on any atom is -0.391 e. The average molecular weight is 293 g/mol. The highest BCUT2D eigenvalue weighted by Gasteiger charge is 2.23. The van der Waals surface area contributed by atoms with E-state index in [2.05, 4.69) is 5.32 Å². The largest absolute Gasteiger partial charge is 0.391 e. The first kappa shape index (κ1) is 16.0. The maximum atomic E-state index is 13.4. The lowest BCUT2D eigenvalue weighted by molar-refractivity contribution is 0.190. The monoisotopic (exact) mass is 293 g/mol. The van der Waals surface area contributed by atoms with Crippen LogP contribution < -0.4 is 5.32 Å². The number of hydrogen-bond acceptors (Lipinski definition) is 4. The molecule has 1 atom stereocenters. The topological polar surface area (TPSA) is 66.4 Å². The van der Waals surface area contributed by atoms with Crippen LogP contribution in [0.4, 0.5) is 8.78 Å². The van der Waals surface area contributed by atoms with Gasteiger partial charge in [-0.1, -0.05) is 13.8 Å². The zero-order chi connectivity index (χ0) is 14.6. The number of benzene rings is 1. The van der Waals surface area contributed by atoms with Crippen molar-refractivity contribution in [2.24, 2.45) is 0 Å². The van der Waals surface area contributed by atoms with Gasteiger partial charge in [0.25, 0.3) is 0 Å². The van der Waals surface area contributed by atoms with E-state index in [1.165, 1.54) is 0 Å². The van der Waals surface area contributed by atoms with Crippen LogP contribution in [-0.4, -0.2) is 38.0 Å². The Morgan fingerprint density at radius 2 is 1.95 bits per heavy atom. The summed E-state index contributed by atoms with van der Waals surface area (Å²) in [5.41, 5.74) is 0. The molecule has 0 aliphatic carbocycles. The molecule has 1 unspecified atom stereocenters. The molecule has 0 saturated heterocycles. The van der Waals surface area contributed by atoms with E-state index in [0.717, 1.165) is 12.1 Å². The average Bonchev–Trinajstić information content (AvgIpc) is 2.25. The molecule has 0 amide bonds. The molecule has 0 aliphatic heterocycles. The first-order valence-electron chi connectivity index (χ1n) is 5.81. The summed E-state index contributed by atoms with van der Waals surface area (Å²) in [4.78, 5) is -0.600. The van der Waals surface area contributed by atoms with E-state index >= 15 is 0 Å². The Labute approximate surface area is 111 Å². The van der Waals surface area contributed by atoms with E-state index in [0.29, 0.717) is 6.07 Å². The molecule has 0 bridgehead atoms. The molecule has 4 nitrogen and oxygen atoms in total. The van der Waals surface area contributed by atoms with Gasteiger partial charge in [-0.3, -0.25) is 0 Å². The fraction of sp³-hybridized carbons (Fsp3) is 0.500. The lowest BCUT2D eigenvalue weighted by Gasteiger charge is -2.14. The van der Waals surface area contributed by atoms with Gasteiger partial charge in [0.1, 0.15) is 16.5 Å². The second-order valence-electron chi connectivity index (χ2n) is 4.57. The zero-order valence-electron chi connectivity index (χ0n) is 10.7. The summed E-state index contributed by atoms with van der Waals surface area (Å²) >= 11 is 0. The van der Waals surface area contributed by atoms with E-state index in [1.807, 2.05) is 13.8 Å². The second kappa shape index (κ2) is 6.40. The van der Waals surface area contributed by atoms with Gasteiger partial charge < -0.3 is 10.4 Å². The van der Waals surface area contributed by atoms with E-state index in [-0.39, 0.29) is 12.6 Å². The summed E-state index contributed by atoms with van der Waals surface area (Å²) in [6.45, 7) is 3.78. The van der Waals surface area contributed by atoms with Crippen molar-refractivity contribution in [1.29, 1.82) is 0 Å². The third-order valence-corrected chi connectivity index (χ3v) is 4.23. The summed E-state index contributed by atoms with van der Waals surface area (Å²) in [5, 5.41) is 12.5. The first-order chi connectivity index (χ1) is 8.72. The highest BCUT2D eigenvalue weighted by atomic mass is 32.2. The summed E-state index contributed by atoms with van der Waals surface area (Å²) in [6.07, 6.45) is -1.16. The predicted octanol–water partition coefficient (Wildman–Crippen LogP) is 1.10. The number of aliphatic hydroxyl groups is 1. The van der Waals surface area contributed by atoms with Gasteiger partial charge in [-0.2, -0.15) is 0 Å². The molecule has 1 aromatic rings. The Kier molecular flexibility index (Phi) is 5.39. The number of rotatable bonds is 6. The van der Waals surface area contributed by atoms with Crippen molar-refractivity contribution in [3.8, 4) is 0 Å². The molecule has 1 rings (SSSR count). The molecular weight excluding hydrogens is 276 g/mol. The van der Waals surface area contributed by atoms with Crippen LogP contribution in [0.3, 0.4) is 0 Å². The molecule has 1 aromatic carbocycles. The standard InChI is InChI=1S/C12H17F2NO3S/c1-8(2)15-6-10(16)7-19(17,18)12-4-3-9(13)5-11(12)14/h3-5,8,10,15-16H,6-7H2,1-2H3. The molecule has 0 aromatic heterocycles. The van der Waals surface area contributed by atoms with Gasteiger partial charge in [-0.05, 0) is 12.1 Å². The molecule has 0 heterocycles. The normalized spacial score (nSPS) is 13.8. The highest BCUT2D eigenvalue weighted by molar-refractivity contribution is 7.91. The van der Waals surface area contributed by atoms with Crippen molar-refractivity contribution in [3.05, 3.63) is 29.8 Å². The van der Waals surface area contributed by atoms with Crippen molar-refractivity contribution >= 4 is 9.84 Å². The number of sulfone groups is 1. The Morgan fingerprint density at radius 1 is 1.32 bits per heavy atom. The fourth-order valence-corrected chi connectivity index (χ4v) is 2.94. The predicted molar refractivity (Wildman–Crippen MR) is 67.6 cm³/mol. The maximum Gasteiger partial charge on any atom is 0.183 e. The van der Waals surface area contributed by atoms with Crippen molar-refractivity contribution in [2.45, 2.75) is 30.9 Å². The van der Waals surface area contributed by atoms with E-state index in [9.17, 15) is 22.3 Å². The van der Waals surface area contributed by atoms with Crippen LogP contribution in [0, 0.1) is 11.6 Å². The van der Waals surface area contributed by atoms with Crippen LogP contribution in [0.2, 0.25) is 0 Å². The maximum absolute atomic E-state index is 13.4. The van der Waals surface area contributed by atoms with Gasteiger partial charge in [-0.25, -0.2) is 17.2 Å². The molecular formula is C12H17F2NO3S. The third kappa shape index (κ3) is 4.85. The van der Waals surface area contributed by atoms with Crippen molar-refractivity contribution in [2.75, 3.05) is 12.3 Å². The minimum absolute atomic E-state index is 0.0830. The van der Waals surface area contributed by atoms with Gasteiger partial charge in [0.15, 0.2) is 9.84 Å². The summed E-state index contributed by atoms with van der Waals surface area (Å²) in [7, 11) is -3.99. The SMILES string of the molecule is CC(C)NCC(O)CS(=O)(=O)c1ccc(F)cc1F. The van der Waals surface area contributed by atoms with Crippen LogP contribution in [0.25, 0.3) is 0 Å². The van der Waals surface area contributed by atoms with Crippen LogP contribution in [0.15, 0.2) is 23.1 Å². The lowest BCUT2D eigenvalue weighted by Crippen LogP contribution is -2.36. The van der Waals surface area contributed by atoms with Gasteiger partial charge in [-0.15, -0.1) is 0 Å². The van der Waals surface area contributed by atoms with E-state index in [4.69, 9.17) is 0 Å². The zero-order valence-corrected chi connectivity index (χ0v) is 11.5. The molecule has 0 spiro atoms. The fourth-order valence-electron chi connectivity index (χ4n) is 1.50. The molecule has 0 fully saturated rings. The van der Waals surface area contributed by atoms with Crippen molar-refractivity contribution in [1.82, 2.24) is 5.32 Å². The Hall–Kier alpha value is -1.05. The molecule has 0 radical (unpaired) electrons. The molecule has 2 N–H and O–H groups in total. The first-order valence-corrected chi connectivity index (χ1v) is 7.47. The molecule has 7 heteroatoms. The summed E-state index contributed by atoms with van der Waals surface area (Å²) < 4.78 is 49.8. The highest BCUT2D eigenvalue weighted by Crippen LogP contribution is 2.17. The lowest BCUT2D eigenvalue weighted by atomic mass is 10.3. The quantitative estimate of drug-likeness (QED) is 0.771. The summed E-state index contributed by atoms with van der Waals surface area (Å²) in [6, 6.07) is 2.34. The van der Waals surface area contributed by atoms with Crippen LogP contribution in [-0.2, 0) is 9.84 Å². The van der Waals surface area contributed by atoms with Gasteiger partial charge in [0.05, 0.1) is 11.9 Å². The molecule has 19 heavy (non-hydrogen) atoms. The molecule has 0 aliphatic rings. The minimum atomic E-state index is -3.99. The third-order valence-electron chi connectivity index (χ3n) is 2.40. The summed E-state index contributed by atoms with van der Waals surface area (Å²) in [5.74, 6) is -2.61. The second-order valence-corrected chi connectivity index (χ2v) is 6.58. The number of halogens is 2. The Bertz CT molecular complexity index is 532. The van der Waals surface area contributed by atoms with Gasteiger partial charge in [0, 0.05) is 18.7 Å². The van der Waals surface area contributed by atoms with E-state index < -0.39 is 38.2 Å². The van der Waals surface area contributed by atoms with Gasteiger partial charge in [0.2, 0.25) is 0 Å². The van der Waals surface area contributed by atoms with E-state index in [1.54, 1.807) is 0 Å². The molecule has 0 saturated carbocycles. The van der Waals surface area contributed by atoms with Crippen LogP contribution in [0.1, 0.15) is 13.8 Å². The Morgan fingerprint density at radius 3 is 2.47 bits per heavy atom. The smallest absolute Gasteiger partial charge is 0.183 e. The van der Waals surface area contributed by atoms with Crippen LogP contribution in [0.5, 0.6) is 0 Å². The number of hydrogen-bond donors (Lipinski definition) is 2. The number of aliphatic hydroxyl groups excluding tert-OH is 1. The number of nitrogens with one attached hydrogen (secondary N) is 1. The van der Waals surface area contributed by atoms with Crippen LogP contribution >= 0.6 is 0 Å². The molecule has 108 valence electrons. The van der Waals surface area contributed by atoms with Crippen molar-refractivity contribution < 1.29 is 22.3 Å². The Balaban J connectivity index is 2.81. The van der Waals surface area contributed by atoms with Crippen molar-refractivity contribution in [3.63, 3.8) is 0 Å². The van der Waals surface area contributed by atoms with Gasteiger partial charge >= 0.3 is 0 Å².